The van der Waals surface area contributed by atoms with Gasteiger partial charge in [0.05, 0.1) is 6.61 Å². The molecule has 0 aliphatic carbocycles. The van der Waals surface area contributed by atoms with Crippen LogP contribution in [-0.4, -0.2) is 11.7 Å². The lowest BCUT2D eigenvalue weighted by atomic mass is 10.2. The SMILES string of the molecule is CCOc1ccc(Oc2c(F)cc(O)c(F)c2F)cc1. The first-order chi connectivity index (χ1) is 9.52. The van der Waals surface area contributed by atoms with Crippen LogP contribution in [0.4, 0.5) is 13.2 Å². The van der Waals surface area contributed by atoms with Gasteiger partial charge in [0, 0.05) is 6.07 Å². The smallest absolute Gasteiger partial charge is 0.208 e. The first-order valence-electron chi connectivity index (χ1n) is 5.80. The second kappa shape index (κ2) is 5.73. The highest BCUT2D eigenvalue weighted by molar-refractivity contribution is 5.40. The zero-order valence-corrected chi connectivity index (χ0v) is 10.5. The fourth-order valence-electron chi connectivity index (χ4n) is 1.55. The molecule has 0 aromatic heterocycles. The number of phenolic OH excluding ortho intramolecular Hbond substituents is 1. The quantitative estimate of drug-likeness (QED) is 0.862. The fraction of sp³-hybridized carbons (Fsp3) is 0.143. The van der Waals surface area contributed by atoms with Crippen molar-refractivity contribution in [3.63, 3.8) is 0 Å². The number of hydrogen-bond donors (Lipinski definition) is 1. The third-order valence-corrected chi connectivity index (χ3v) is 2.45. The highest BCUT2D eigenvalue weighted by Crippen LogP contribution is 2.33. The molecule has 0 bridgehead atoms. The van der Waals surface area contributed by atoms with E-state index in [9.17, 15) is 13.2 Å². The molecule has 2 rings (SSSR count). The van der Waals surface area contributed by atoms with E-state index in [1.807, 2.05) is 6.92 Å². The monoisotopic (exact) mass is 284 g/mol. The molecule has 0 atom stereocenters. The Morgan fingerprint density at radius 3 is 2.20 bits per heavy atom. The van der Waals surface area contributed by atoms with Gasteiger partial charge >= 0.3 is 0 Å². The molecule has 106 valence electrons. The molecule has 0 saturated carbocycles. The molecule has 3 nitrogen and oxygen atoms in total. The molecule has 0 fully saturated rings. The first-order valence-corrected chi connectivity index (χ1v) is 5.80. The van der Waals surface area contributed by atoms with E-state index in [0.717, 1.165) is 0 Å². The minimum absolute atomic E-state index is 0.108. The van der Waals surface area contributed by atoms with Crippen LogP contribution in [0.5, 0.6) is 23.0 Å². The summed E-state index contributed by atoms with van der Waals surface area (Å²) in [6, 6.07) is 6.39. The Hall–Kier alpha value is -2.37. The van der Waals surface area contributed by atoms with Crippen LogP contribution in [0.1, 0.15) is 6.92 Å². The summed E-state index contributed by atoms with van der Waals surface area (Å²) < 4.78 is 50.2. The van der Waals surface area contributed by atoms with E-state index in [0.29, 0.717) is 18.4 Å². The van der Waals surface area contributed by atoms with Gasteiger partial charge in [-0.2, -0.15) is 8.78 Å². The summed E-state index contributed by atoms with van der Waals surface area (Å²) in [4.78, 5) is 0. The lowest BCUT2D eigenvalue weighted by molar-refractivity contribution is 0.338. The molecule has 0 aliphatic rings. The van der Waals surface area contributed by atoms with E-state index in [1.165, 1.54) is 12.1 Å². The highest BCUT2D eigenvalue weighted by atomic mass is 19.2. The number of phenols is 1. The van der Waals surface area contributed by atoms with Gasteiger partial charge < -0.3 is 14.6 Å². The molecule has 0 aliphatic heterocycles. The van der Waals surface area contributed by atoms with Crippen molar-refractivity contribution in [2.75, 3.05) is 6.61 Å². The van der Waals surface area contributed by atoms with E-state index >= 15 is 0 Å². The van der Waals surface area contributed by atoms with Crippen LogP contribution < -0.4 is 9.47 Å². The molecule has 0 spiro atoms. The van der Waals surface area contributed by atoms with E-state index in [-0.39, 0.29) is 5.75 Å². The molecular weight excluding hydrogens is 273 g/mol. The summed E-state index contributed by atoms with van der Waals surface area (Å²) in [5, 5.41) is 8.94. The zero-order chi connectivity index (χ0) is 14.7. The van der Waals surface area contributed by atoms with Gasteiger partial charge in [-0.05, 0) is 31.2 Å². The lowest BCUT2D eigenvalue weighted by Crippen LogP contribution is -1.97. The van der Waals surface area contributed by atoms with Gasteiger partial charge in [0.2, 0.25) is 17.4 Å². The molecule has 2 aromatic rings. The average Bonchev–Trinajstić information content (AvgIpc) is 2.43. The Kier molecular flexibility index (Phi) is 4.02. The van der Waals surface area contributed by atoms with Crippen molar-refractivity contribution < 1.29 is 27.8 Å². The van der Waals surface area contributed by atoms with Crippen molar-refractivity contribution in [3.05, 3.63) is 47.8 Å². The van der Waals surface area contributed by atoms with E-state index in [2.05, 4.69) is 0 Å². The molecule has 0 heterocycles. The summed E-state index contributed by atoms with van der Waals surface area (Å²) in [6.45, 7) is 2.29. The van der Waals surface area contributed by atoms with Gasteiger partial charge in [-0.1, -0.05) is 0 Å². The molecule has 0 radical (unpaired) electrons. The Morgan fingerprint density at radius 2 is 1.60 bits per heavy atom. The van der Waals surface area contributed by atoms with Crippen molar-refractivity contribution in [3.8, 4) is 23.0 Å². The zero-order valence-electron chi connectivity index (χ0n) is 10.5. The molecule has 0 unspecified atom stereocenters. The highest BCUT2D eigenvalue weighted by Gasteiger charge is 2.20. The van der Waals surface area contributed by atoms with Crippen LogP contribution in [0.2, 0.25) is 0 Å². The number of hydrogen-bond acceptors (Lipinski definition) is 3. The van der Waals surface area contributed by atoms with E-state index in [4.69, 9.17) is 14.6 Å². The summed E-state index contributed by atoms with van der Waals surface area (Å²) in [5.41, 5.74) is 0. The van der Waals surface area contributed by atoms with Crippen LogP contribution >= 0.6 is 0 Å². The van der Waals surface area contributed by atoms with Crippen LogP contribution in [0.25, 0.3) is 0 Å². The summed E-state index contributed by atoms with van der Waals surface area (Å²) in [7, 11) is 0. The van der Waals surface area contributed by atoms with E-state index < -0.39 is 29.0 Å². The summed E-state index contributed by atoms with van der Waals surface area (Å²) in [5.74, 6) is -5.70. The van der Waals surface area contributed by atoms with E-state index in [1.54, 1.807) is 12.1 Å². The van der Waals surface area contributed by atoms with Gasteiger partial charge in [0.15, 0.2) is 11.6 Å². The van der Waals surface area contributed by atoms with Crippen molar-refractivity contribution in [2.24, 2.45) is 0 Å². The number of rotatable bonds is 4. The van der Waals surface area contributed by atoms with Gasteiger partial charge in [0.1, 0.15) is 11.5 Å². The van der Waals surface area contributed by atoms with Crippen LogP contribution in [0, 0.1) is 17.5 Å². The maximum Gasteiger partial charge on any atom is 0.208 e. The van der Waals surface area contributed by atoms with Gasteiger partial charge in [0.25, 0.3) is 0 Å². The van der Waals surface area contributed by atoms with Gasteiger partial charge in [-0.15, -0.1) is 0 Å². The Labute approximate surface area is 113 Å². The van der Waals surface area contributed by atoms with Crippen molar-refractivity contribution >= 4 is 0 Å². The topological polar surface area (TPSA) is 38.7 Å². The summed E-state index contributed by atoms with van der Waals surface area (Å²) in [6.07, 6.45) is 0. The maximum atomic E-state index is 13.5. The minimum Gasteiger partial charge on any atom is -0.505 e. The number of ether oxygens (including phenoxy) is 2. The number of halogens is 3. The molecule has 20 heavy (non-hydrogen) atoms. The number of benzene rings is 2. The second-order valence-electron chi connectivity index (χ2n) is 3.84. The minimum atomic E-state index is -1.59. The van der Waals surface area contributed by atoms with Crippen LogP contribution in [0.3, 0.4) is 0 Å². The predicted octanol–water partition coefficient (Wildman–Crippen LogP) is 4.00. The fourth-order valence-corrected chi connectivity index (χ4v) is 1.55. The average molecular weight is 284 g/mol. The largest absolute Gasteiger partial charge is 0.505 e. The lowest BCUT2D eigenvalue weighted by Gasteiger charge is -2.10. The molecular formula is C14H11F3O3. The molecule has 1 N–H and O–H groups in total. The van der Waals surface area contributed by atoms with Crippen LogP contribution in [0.15, 0.2) is 30.3 Å². The predicted molar refractivity (Wildman–Crippen MR) is 65.7 cm³/mol. The third kappa shape index (κ3) is 2.79. The Morgan fingerprint density at radius 1 is 1.00 bits per heavy atom. The van der Waals surface area contributed by atoms with Crippen molar-refractivity contribution in [2.45, 2.75) is 6.92 Å². The van der Waals surface area contributed by atoms with Gasteiger partial charge in [-0.3, -0.25) is 0 Å². The maximum absolute atomic E-state index is 13.5. The Bertz CT molecular complexity index is 612. The van der Waals surface area contributed by atoms with Crippen LogP contribution in [-0.2, 0) is 0 Å². The van der Waals surface area contributed by atoms with Crippen molar-refractivity contribution in [1.82, 2.24) is 0 Å². The first kappa shape index (κ1) is 14.0. The summed E-state index contributed by atoms with van der Waals surface area (Å²) >= 11 is 0. The number of aromatic hydroxyl groups is 1. The third-order valence-electron chi connectivity index (χ3n) is 2.45. The molecule has 0 amide bonds. The standard InChI is InChI=1S/C14H11F3O3/c1-2-19-8-3-5-9(6-4-8)20-14-10(15)7-11(18)12(16)13(14)17/h3-7,18H,2H2,1H3. The molecule has 2 aromatic carbocycles. The molecule has 0 saturated heterocycles. The normalized spacial score (nSPS) is 10.4. The van der Waals surface area contributed by atoms with Crippen molar-refractivity contribution in [1.29, 1.82) is 0 Å². The van der Waals surface area contributed by atoms with Gasteiger partial charge in [-0.25, -0.2) is 4.39 Å². The second-order valence-corrected chi connectivity index (χ2v) is 3.84. The Balaban J connectivity index is 2.28. The molecule has 6 heteroatoms.